The van der Waals surface area contributed by atoms with Crippen molar-refractivity contribution in [1.29, 1.82) is 0 Å². The molecule has 0 fully saturated rings. The number of hydrogen-bond acceptors (Lipinski definition) is 2. The van der Waals surface area contributed by atoms with Crippen molar-refractivity contribution in [3.8, 4) is 0 Å². The van der Waals surface area contributed by atoms with E-state index >= 15 is 0 Å². The Hall–Kier alpha value is -0.220. The van der Waals surface area contributed by atoms with Crippen molar-refractivity contribution in [3.63, 3.8) is 0 Å². The second-order valence-corrected chi connectivity index (χ2v) is 1.84. The minimum absolute atomic E-state index is 0.0481. The quantitative estimate of drug-likeness (QED) is 0.595. The molecule has 0 aliphatic heterocycles. The van der Waals surface area contributed by atoms with Gasteiger partial charge >= 0.3 is 0 Å². The fourth-order valence-electron chi connectivity index (χ4n) is 0.404. The smallest absolute Gasteiger partial charge is 0.295 e. The third-order valence-corrected chi connectivity index (χ3v) is 1.09. The summed E-state index contributed by atoms with van der Waals surface area (Å²) in [6.45, 7) is 0.135. The highest BCUT2D eigenvalue weighted by Crippen LogP contribution is 2.19. The van der Waals surface area contributed by atoms with Gasteiger partial charge in [-0.05, 0) is 6.42 Å². The van der Waals surface area contributed by atoms with Crippen LogP contribution in [-0.4, -0.2) is 28.8 Å². The first kappa shape index (κ1) is 8.78. The molecule has 0 aromatic carbocycles. The second kappa shape index (κ2) is 3.08. The molecule has 2 N–H and O–H groups in total. The lowest BCUT2D eigenvalue weighted by atomic mass is 10.1. The molecule has 0 aliphatic carbocycles. The Labute approximate surface area is 52.1 Å². The molecular weight excluding hydrogens is 130 g/mol. The zero-order chi connectivity index (χ0) is 7.49. The van der Waals surface area contributed by atoms with Gasteiger partial charge in [-0.2, -0.15) is 0 Å². The topological polar surface area (TPSA) is 40.5 Å². The van der Waals surface area contributed by atoms with Crippen LogP contribution in [0.25, 0.3) is 0 Å². The van der Waals surface area contributed by atoms with E-state index in [1.54, 1.807) is 0 Å². The Bertz CT molecular complexity index is 85.0. The van der Waals surface area contributed by atoms with Crippen LogP contribution in [0.4, 0.5) is 8.78 Å². The van der Waals surface area contributed by atoms with Crippen LogP contribution in [0.3, 0.4) is 0 Å². The van der Waals surface area contributed by atoms with Gasteiger partial charge in [-0.25, -0.2) is 8.78 Å². The predicted octanol–water partition coefficient (Wildman–Crippen LogP) is 0.385. The summed E-state index contributed by atoms with van der Waals surface area (Å²) in [5, 5.41) is 16.5. The highest BCUT2D eigenvalue weighted by atomic mass is 19.3. The highest BCUT2D eigenvalue weighted by Gasteiger charge is 2.35. The summed E-state index contributed by atoms with van der Waals surface area (Å²) in [5.74, 6) is -3.34. The van der Waals surface area contributed by atoms with Crippen molar-refractivity contribution in [2.75, 3.05) is 6.61 Å². The van der Waals surface area contributed by atoms with Crippen molar-refractivity contribution >= 4 is 0 Å². The van der Waals surface area contributed by atoms with Gasteiger partial charge in [-0.1, -0.05) is 6.92 Å². The summed E-state index contributed by atoms with van der Waals surface area (Å²) in [4.78, 5) is 0. The molecule has 0 heterocycles. The standard InChI is InChI=1S/C5H10F2O2/c1-2-4(9)5(6,7)3-8/h4,8-9H,2-3H2,1H3. The number of hydrogen-bond donors (Lipinski definition) is 2. The van der Waals surface area contributed by atoms with Gasteiger partial charge in [-0.3, -0.25) is 0 Å². The summed E-state index contributed by atoms with van der Waals surface area (Å²) in [6, 6.07) is 0. The Morgan fingerprint density at radius 3 is 2.11 bits per heavy atom. The normalized spacial score (nSPS) is 15.7. The minimum Gasteiger partial charge on any atom is -0.390 e. The lowest BCUT2D eigenvalue weighted by Gasteiger charge is -2.17. The van der Waals surface area contributed by atoms with Crippen molar-refractivity contribution < 1.29 is 19.0 Å². The fourth-order valence-corrected chi connectivity index (χ4v) is 0.404. The van der Waals surface area contributed by atoms with E-state index < -0.39 is 18.6 Å². The van der Waals surface area contributed by atoms with Crippen LogP contribution >= 0.6 is 0 Å². The number of aliphatic hydroxyl groups excluding tert-OH is 2. The molecule has 0 amide bonds. The van der Waals surface area contributed by atoms with Gasteiger partial charge < -0.3 is 10.2 Å². The zero-order valence-electron chi connectivity index (χ0n) is 5.14. The molecule has 0 saturated heterocycles. The van der Waals surface area contributed by atoms with E-state index in [0.29, 0.717) is 0 Å². The van der Waals surface area contributed by atoms with Crippen LogP contribution in [0.5, 0.6) is 0 Å². The van der Waals surface area contributed by atoms with Crippen molar-refractivity contribution in [2.45, 2.75) is 25.4 Å². The summed E-state index contributed by atoms with van der Waals surface area (Å²) in [6.07, 6.45) is -1.77. The number of halogens is 2. The molecule has 0 bridgehead atoms. The number of alkyl halides is 2. The fraction of sp³-hybridized carbons (Fsp3) is 1.00. The van der Waals surface area contributed by atoms with E-state index in [2.05, 4.69) is 0 Å². The van der Waals surface area contributed by atoms with Crippen molar-refractivity contribution in [3.05, 3.63) is 0 Å². The SMILES string of the molecule is CCC(O)C(F)(F)CO. The van der Waals surface area contributed by atoms with Crippen molar-refractivity contribution in [1.82, 2.24) is 0 Å². The van der Waals surface area contributed by atoms with Crippen LogP contribution in [0, 0.1) is 0 Å². The first-order valence-electron chi connectivity index (χ1n) is 2.71. The molecular formula is C5H10F2O2. The van der Waals surface area contributed by atoms with Crippen LogP contribution in [0.15, 0.2) is 0 Å². The molecule has 1 unspecified atom stereocenters. The van der Waals surface area contributed by atoms with Gasteiger partial charge in [0.2, 0.25) is 0 Å². The molecule has 0 aromatic heterocycles. The third-order valence-electron chi connectivity index (χ3n) is 1.09. The van der Waals surface area contributed by atoms with E-state index in [1.165, 1.54) is 6.92 Å². The highest BCUT2D eigenvalue weighted by molar-refractivity contribution is 4.73. The van der Waals surface area contributed by atoms with Gasteiger partial charge in [0.15, 0.2) is 0 Å². The van der Waals surface area contributed by atoms with Crippen molar-refractivity contribution in [2.24, 2.45) is 0 Å². The predicted molar refractivity (Wildman–Crippen MR) is 28.3 cm³/mol. The molecule has 0 spiro atoms. The van der Waals surface area contributed by atoms with Crippen LogP contribution < -0.4 is 0 Å². The summed E-state index contributed by atoms with van der Waals surface area (Å²) < 4.78 is 24.1. The van der Waals surface area contributed by atoms with Gasteiger partial charge in [0.1, 0.15) is 12.7 Å². The van der Waals surface area contributed by atoms with Crippen LogP contribution in [-0.2, 0) is 0 Å². The maximum atomic E-state index is 12.0. The summed E-state index contributed by atoms with van der Waals surface area (Å²) in [5.41, 5.74) is 0. The molecule has 0 saturated carbocycles. The monoisotopic (exact) mass is 140 g/mol. The average molecular weight is 140 g/mol. The largest absolute Gasteiger partial charge is 0.390 e. The minimum atomic E-state index is -3.34. The lowest BCUT2D eigenvalue weighted by Crippen LogP contribution is -2.36. The summed E-state index contributed by atoms with van der Waals surface area (Å²) in [7, 11) is 0. The van der Waals surface area contributed by atoms with Crippen LogP contribution in [0.1, 0.15) is 13.3 Å². The average Bonchev–Trinajstić information content (AvgIpc) is 1.86. The van der Waals surface area contributed by atoms with E-state index in [4.69, 9.17) is 10.2 Å². The Morgan fingerprint density at radius 2 is 2.00 bits per heavy atom. The Kier molecular flexibility index (Phi) is 3.00. The first-order valence-corrected chi connectivity index (χ1v) is 2.71. The molecule has 56 valence electrons. The number of rotatable bonds is 3. The van der Waals surface area contributed by atoms with Gasteiger partial charge in [0.25, 0.3) is 5.92 Å². The number of aliphatic hydroxyl groups is 2. The van der Waals surface area contributed by atoms with E-state index in [1.807, 2.05) is 0 Å². The Morgan fingerprint density at radius 1 is 1.56 bits per heavy atom. The molecule has 0 rings (SSSR count). The molecule has 0 radical (unpaired) electrons. The lowest BCUT2D eigenvalue weighted by molar-refractivity contribution is -0.136. The Balaban J connectivity index is 3.80. The first-order chi connectivity index (χ1) is 4.04. The molecule has 2 nitrogen and oxygen atoms in total. The zero-order valence-corrected chi connectivity index (χ0v) is 5.14. The summed E-state index contributed by atoms with van der Waals surface area (Å²) >= 11 is 0. The van der Waals surface area contributed by atoms with E-state index in [0.717, 1.165) is 0 Å². The third kappa shape index (κ3) is 2.24. The maximum absolute atomic E-state index is 12.0. The molecule has 0 aromatic rings. The maximum Gasteiger partial charge on any atom is 0.295 e. The van der Waals surface area contributed by atoms with Gasteiger partial charge in [0, 0.05) is 0 Å². The van der Waals surface area contributed by atoms with Gasteiger partial charge in [-0.15, -0.1) is 0 Å². The molecule has 9 heavy (non-hydrogen) atoms. The molecule has 1 atom stereocenters. The van der Waals surface area contributed by atoms with E-state index in [9.17, 15) is 8.78 Å². The van der Waals surface area contributed by atoms with Crippen LogP contribution in [0.2, 0.25) is 0 Å². The second-order valence-electron chi connectivity index (χ2n) is 1.84. The molecule has 0 aliphatic rings. The van der Waals surface area contributed by atoms with E-state index in [-0.39, 0.29) is 6.42 Å². The van der Waals surface area contributed by atoms with Gasteiger partial charge in [0.05, 0.1) is 0 Å². The molecule has 4 heteroatoms.